The zero-order chi connectivity index (χ0) is 15.6. The summed E-state index contributed by atoms with van der Waals surface area (Å²) in [4.78, 5) is 11.5. The SMILES string of the molecule is COCCN(c1nc(C(C)C)nc(Cl)c1C)C(C)C1CC1. The third-order valence-electron chi connectivity index (χ3n) is 4.20. The van der Waals surface area contributed by atoms with Crippen molar-refractivity contribution in [3.05, 3.63) is 16.5 Å². The van der Waals surface area contributed by atoms with Gasteiger partial charge in [-0.1, -0.05) is 25.4 Å². The molecule has 0 saturated heterocycles. The molecular weight excluding hydrogens is 286 g/mol. The molecule has 4 nitrogen and oxygen atoms in total. The van der Waals surface area contributed by atoms with Crippen LogP contribution >= 0.6 is 11.6 Å². The van der Waals surface area contributed by atoms with Crippen molar-refractivity contribution in [3.8, 4) is 0 Å². The van der Waals surface area contributed by atoms with Gasteiger partial charge in [0, 0.05) is 31.2 Å². The summed E-state index contributed by atoms with van der Waals surface area (Å²) >= 11 is 6.33. The van der Waals surface area contributed by atoms with Gasteiger partial charge in [-0.15, -0.1) is 0 Å². The van der Waals surface area contributed by atoms with Crippen LogP contribution in [0.25, 0.3) is 0 Å². The van der Waals surface area contributed by atoms with E-state index in [1.165, 1.54) is 12.8 Å². The number of halogens is 1. The number of rotatable bonds is 7. The molecule has 1 aliphatic carbocycles. The number of nitrogens with zero attached hydrogens (tertiary/aromatic N) is 3. The van der Waals surface area contributed by atoms with E-state index in [1.807, 2.05) is 6.92 Å². The molecule has 0 aliphatic heterocycles. The van der Waals surface area contributed by atoms with Gasteiger partial charge in [0.25, 0.3) is 0 Å². The monoisotopic (exact) mass is 311 g/mol. The highest BCUT2D eigenvalue weighted by Crippen LogP contribution is 2.38. The Morgan fingerprint density at radius 1 is 1.29 bits per heavy atom. The van der Waals surface area contributed by atoms with E-state index >= 15 is 0 Å². The van der Waals surface area contributed by atoms with E-state index in [4.69, 9.17) is 21.3 Å². The zero-order valence-electron chi connectivity index (χ0n) is 13.7. The first-order valence-corrected chi connectivity index (χ1v) is 8.13. The predicted molar refractivity (Wildman–Crippen MR) is 87.3 cm³/mol. The van der Waals surface area contributed by atoms with E-state index in [9.17, 15) is 0 Å². The molecule has 1 fully saturated rings. The maximum atomic E-state index is 6.33. The first-order chi connectivity index (χ1) is 9.95. The first-order valence-electron chi connectivity index (χ1n) is 7.75. The molecule has 1 aromatic rings. The lowest BCUT2D eigenvalue weighted by molar-refractivity contribution is 0.202. The predicted octanol–water partition coefficient (Wildman–Crippen LogP) is 3.81. The number of aromatic nitrogens is 2. The van der Waals surface area contributed by atoms with Crippen LogP contribution in [-0.2, 0) is 4.74 Å². The van der Waals surface area contributed by atoms with Gasteiger partial charge in [0.2, 0.25) is 0 Å². The van der Waals surface area contributed by atoms with Crippen LogP contribution in [0.15, 0.2) is 0 Å². The lowest BCUT2D eigenvalue weighted by Crippen LogP contribution is -2.38. The molecule has 0 amide bonds. The molecule has 0 N–H and O–H groups in total. The lowest BCUT2D eigenvalue weighted by Gasteiger charge is -2.32. The normalized spacial score (nSPS) is 16.3. The number of anilines is 1. The summed E-state index contributed by atoms with van der Waals surface area (Å²) in [5.74, 6) is 2.81. The van der Waals surface area contributed by atoms with E-state index in [0.717, 1.165) is 29.7 Å². The summed E-state index contributed by atoms with van der Waals surface area (Å²) in [7, 11) is 1.74. The van der Waals surface area contributed by atoms with E-state index in [2.05, 4.69) is 30.7 Å². The average Bonchev–Trinajstić information content (AvgIpc) is 3.27. The van der Waals surface area contributed by atoms with Crippen LogP contribution in [0, 0.1) is 12.8 Å². The van der Waals surface area contributed by atoms with Crippen molar-refractivity contribution in [2.75, 3.05) is 25.2 Å². The van der Waals surface area contributed by atoms with E-state index in [0.29, 0.717) is 17.8 Å². The summed E-state index contributed by atoms with van der Waals surface area (Å²) in [6.07, 6.45) is 2.61. The Hall–Kier alpha value is -0.870. The van der Waals surface area contributed by atoms with Crippen molar-refractivity contribution in [1.29, 1.82) is 0 Å². The van der Waals surface area contributed by atoms with Gasteiger partial charge < -0.3 is 9.64 Å². The van der Waals surface area contributed by atoms with Crippen LogP contribution < -0.4 is 4.90 Å². The molecular formula is C16H26ClN3O. The standard InChI is InChI=1S/C16H26ClN3O/c1-10(2)15-18-14(17)11(3)16(19-15)20(8-9-21-5)12(4)13-6-7-13/h10,12-13H,6-9H2,1-5H3. The Morgan fingerprint density at radius 3 is 2.48 bits per heavy atom. The molecule has 118 valence electrons. The minimum absolute atomic E-state index is 0.266. The molecule has 1 aliphatic rings. The van der Waals surface area contributed by atoms with Gasteiger partial charge in [0.15, 0.2) is 0 Å². The summed E-state index contributed by atoms with van der Waals surface area (Å²) in [5.41, 5.74) is 0.963. The smallest absolute Gasteiger partial charge is 0.137 e. The Bertz CT molecular complexity index is 489. The second-order valence-electron chi connectivity index (χ2n) is 6.24. The van der Waals surface area contributed by atoms with Gasteiger partial charge in [-0.05, 0) is 32.6 Å². The van der Waals surface area contributed by atoms with Crippen molar-refractivity contribution in [2.45, 2.75) is 52.5 Å². The Kier molecular flexibility index (Phi) is 5.44. The quantitative estimate of drug-likeness (QED) is 0.718. The molecule has 0 aromatic carbocycles. The Labute approximate surface area is 132 Å². The maximum Gasteiger partial charge on any atom is 0.137 e. The average molecular weight is 312 g/mol. The van der Waals surface area contributed by atoms with Crippen LogP contribution in [0.4, 0.5) is 5.82 Å². The van der Waals surface area contributed by atoms with Gasteiger partial charge in [-0.25, -0.2) is 9.97 Å². The fourth-order valence-electron chi connectivity index (χ4n) is 2.56. The highest BCUT2D eigenvalue weighted by Gasteiger charge is 2.33. The largest absolute Gasteiger partial charge is 0.383 e. The molecule has 0 bridgehead atoms. The topological polar surface area (TPSA) is 38.2 Å². The lowest BCUT2D eigenvalue weighted by atomic mass is 10.1. The van der Waals surface area contributed by atoms with E-state index < -0.39 is 0 Å². The second-order valence-corrected chi connectivity index (χ2v) is 6.60. The number of hydrogen-bond donors (Lipinski definition) is 0. The second kappa shape index (κ2) is 6.93. The summed E-state index contributed by atoms with van der Waals surface area (Å²) < 4.78 is 5.27. The van der Waals surface area contributed by atoms with Gasteiger partial charge >= 0.3 is 0 Å². The molecule has 0 radical (unpaired) electrons. The molecule has 5 heteroatoms. The fourth-order valence-corrected chi connectivity index (χ4v) is 2.73. The number of methoxy groups -OCH3 is 1. The first kappa shape index (κ1) is 16.5. The summed E-state index contributed by atoms with van der Waals surface area (Å²) in [5, 5.41) is 0.564. The van der Waals surface area contributed by atoms with Crippen LogP contribution in [0.1, 0.15) is 50.9 Å². The maximum absolute atomic E-state index is 6.33. The number of ether oxygens (including phenoxy) is 1. The third-order valence-corrected chi connectivity index (χ3v) is 4.57. The molecule has 2 rings (SSSR count). The minimum atomic E-state index is 0.266. The highest BCUT2D eigenvalue weighted by molar-refractivity contribution is 6.30. The molecule has 1 unspecified atom stereocenters. The third kappa shape index (κ3) is 3.86. The van der Waals surface area contributed by atoms with Crippen LogP contribution in [0.3, 0.4) is 0 Å². The molecule has 0 spiro atoms. The van der Waals surface area contributed by atoms with Crippen molar-refractivity contribution < 1.29 is 4.74 Å². The van der Waals surface area contributed by atoms with Crippen LogP contribution in [-0.4, -0.2) is 36.3 Å². The van der Waals surface area contributed by atoms with Gasteiger partial charge in [0.05, 0.1) is 6.61 Å². The van der Waals surface area contributed by atoms with Crippen molar-refractivity contribution in [3.63, 3.8) is 0 Å². The Morgan fingerprint density at radius 2 is 1.95 bits per heavy atom. The molecule has 1 heterocycles. The highest BCUT2D eigenvalue weighted by atomic mass is 35.5. The van der Waals surface area contributed by atoms with Crippen molar-refractivity contribution >= 4 is 17.4 Å². The Balaban J connectivity index is 2.37. The zero-order valence-corrected chi connectivity index (χ0v) is 14.4. The summed E-state index contributed by atoms with van der Waals surface area (Å²) in [6, 6.07) is 0.463. The van der Waals surface area contributed by atoms with Crippen molar-refractivity contribution in [2.24, 2.45) is 5.92 Å². The van der Waals surface area contributed by atoms with E-state index in [1.54, 1.807) is 7.11 Å². The molecule has 21 heavy (non-hydrogen) atoms. The van der Waals surface area contributed by atoms with E-state index in [-0.39, 0.29) is 5.92 Å². The molecule has 1 aromatic heterocycles. The van der Waals surface area contributed by atoms with Crippen LogP contribution in [0.2, 0.25) is 5.15 Å². The van der Waals surface area contributed by atoms with Crippen molar-refractivity contribution in [1.82, 2.24) is 9.97 Å². The number of hydrogen-bond acceptors (Lipinski definition) is 4. The van der Waals surface area contributed by atoms with Crippen LogP contribution in [0.5, 0.6) is 0 Å². The molecule has 1 saturated carbocycles. The van der Waals surface area contributed by atoms with Gasteiger partial charge in [0.1, 0.15) is 16.8 Å². The molecule has 1 atom stereocenters. The van der Waals surface area contributed by atoms with Gasteiger partial charge in [-0.2, -0.15) is 0 Å². The fraction of sp³-hybridized carbons (Fsp3) is 0.750. The minimum Gasteiger partial charge on any atom is -0.383 e. The summed E-state index contributed by atoms with van der Waals surface area (Å²) in [6.45, 7) is 9.98. The van der Waals surface area contributed by atoms with Gasteiger partial charge in [-0.3, -0.25) is 0 Å².